The average Bonchev–Trinajstić information content (AvgIpc) is 3.21. The van der Waals surface area contributed by atoms with Crippen LogP contribution in [0.25, 0.3) is 11.0 Å². The van der Waals surface area contributed by atoms with Crippen LogP contribution in [0, 0.1) is 18.3 Å². The van der Waals surface area contributed by atoms with Gasteiger partial charge in [0.25, 0.3) is 0 Å². The summed E-state index contributed by atoms with van der Waals surface area (Å²) in [6.07, 6.45) is 9.62. The minimum atomic E-state index is -0.522. The second-order valence-corrected chi connectivity index (χ2v) is 6.10. The molecule has 25 heavy (non-hydrogen) atoms. The molecule has 0 N–H and O–H groups in total. The highest BCUT2D eigenvalue weighted by atomic mass is 35.5. The van der Waals surface area contributed by atoms with Crippen LogP contribution in [-0.4, -0.2) is 47.4 Å². The molecule has 0 saturated carbocycles. The van der Waals surface area contributed by atoms with Gasteiger partial charge in [-0.3, -0.25) is 0 Å². The van der Waals surface area contributed by atoms with Crippen molar-refractivity contribution in [2.24, 2.45) is 5.92 Å². The van der Waals surface area contributed by atoms with E-state index in [9.17, 15) is 4.79 Å². The van der Waals surface area contributed by atoms with Crippen LogP contribution in [0.2, 0.25) is 5.15 Å². The molecule has 1 aliphatic heterocycles. The molecular weight excluding hydrogens is 346 g/mol. The first kappa shape index (κ1) is 17.7. The van der Waals surface area contributed by atoms with E-state index in [1.807, 2.05) is 0 Å². The van der Waals surface area contributed by atoms with E-state index in [-0.39, 0.29) is 22.7 Å². The highest BCUT2D eigenvalue weighted by Crippen LogP contribution is 2.39. The lowest BCUT2D eigenvalue weighted by atomic mass is 10.0. The molecule has 3 heterocycles. The van der Waals surface area contributed by atoms with Crippen LogP contribution in [0.3, 0.4) is 0 Å². The molecule has 0 amide bonds. The molecule has 2 aromatic heterocycles. The number of hydrogen-bond donors (Lipinski definition) is 0. The van der Waals surface area contributed by atoms with Gasteiger partial charge in [-0.2, -0.15) is 0 Å². The summed E-state index contributed by atoms with van der Waals surface area (Å²) in [7, 11) is 2.95. The molecule has 0 aliphatic carbocycles. The summed E-state index contributed by atoms with van der Waals surface area (Å²) < 4.78 is 17.8. The van der Waals surface area contributed by atoms with Gasteiger partial charge in [0.1, 0.15) is 23.4 Å². The molecule has 0 radical (unpaired) electrons. The van der Waals surface area contributed by atoms with Gasteiger partial charge in [0.2, 0.25) is 0 Å². The van der Waals surface area contributed by atoms with Gasteiger partial charge in [0.05, 0.1) is 30.1 Å². The lowest BCUT2D eigenvalue weighted by Crippen LogP contribution is -2.15. The van der Waals surface area contributed by atoms with E-state index >= 15 is 0 Å². The van der Waals surface area contributed by atoms with Gasteiger partial charge in [-0.05, 0) is 12.8 Å². The summed E-state index contributed by atoms with van der Waals surface area (Å²) in [5, 5.41) is 0.603. The second kappa shape index (κ2) is 7.40. The SMILES string of the molecule is C#CC1CC(CCOC)OC1n1cc(C(=O)OC)c2c(Cl)ncnc21. The van der Waals surface area contributed by atoms with E-state index in [0.717, 1.165) is 6.42 Å². The maximum absolute atomic E-state index is 12.1. The maximum Gasteiger partial charge on any atom is 0.340 e. The number of terminal acetylenes is 1. The topological polar surface area (TPSA) is 75.5 Å². The minimum Gasteiger partial charge on any atom is -0.465 e. The molecule has 3 unspecified atom stereocenters. The van der Waals surface area contributed by atoms with Crippen molar-refractivity contribution in [1.29, 1.82) is 0 Å². The fourth-order valence-corrected chi connectivity index (χ4v) is 3.33. The Bertz CT molecular complexity index is 829. The number of ether oxygens (including phenoxy) is 3. The zero-order valence-corrected chi connectivity index (χ0v) is 14.7. The van der Waals surface area contributed by atoms with E-state index in [1.165, 1.54) is 13.4 Å². The first-order valence-corrected chi connectivity index (χ1v) is 8.18. The van der Waals surface area contributed by atoms with Gasteiger partial charge in [-0.25, -0.2) is 14.8 Å². The van der Waals surface area contributed by atoms with Crippen LogP contribution in [0.1, 0.15) is 29.4 Å². The highest BCUT2D eigenvalue weighted by Gasteiger charge is 2.37. The lowest BCUT2D eigenvalue weighted by molar-refractivity contribution is -0.0151. The number of fused-ring (bicyclic) bond motifs is 1. The Morgan fingerprint density at radius 1 is 1.52 bits per heavy atom. The third-order valence-electron chi connectivity index (χ3n) is 4.29. The van der Waals surface area contributed by atoms with Crippen molar-refractivity contribution < 1.29 is 19.0 Å². The van der Waals surface area contributed by atoms with Gasteiger partial charge < -0.3 is 18.8 Å². The predicted octanol–water partition coefficient (Wildman–Crippen LogP) is 2.44. The zero-order valence-electron chi connectivity index (χ0n) is 13.9. The van der Waals surface area contributed by atoms with Gasteiger partial charge in [-0.15, -0.1) is 6.42 Å². The van der Waals surface area contributed by atoms with Crippen molar-refractivity contribution in [1.82, 2.24) is 14.5 Å². The zero-order chi connectivity index (χ0) is 18.0. The number of nitrogens with zero attached hydrogens (tertiary/aromatic N) is 3. The van der Waals surface area contributed by atoms with Gasteiger partial charge in [0.15, 0.2) is 0 Å². The summed E-state index contributed by atoms with van der Waals surface area (Å²) in [5.41, 5.74) is 0.765. The summed E-state index contributed by atoms with van der Waals surface area (Å²) in [5.74, 6) is 2.09. The van der Waals surface area contributed by atoms with Crippen molar-refractivity contribution >= 4 is 28.6 Å². The van der Waals surface area contributed by atoms with Crippen LogP contribution in [0.5, 0.6) is 0 Å². The maximum atomic E-state index is 12.1. The fraction of sp³-hybridized carbons (Fsp3) is 0.471. The highest BCUT2D eigenvalue weighted by molar-refractivity contribution is 6.35. The Morgan fingerprint density at radius 2 is 2.32 bits per heavy atom. The van der Waals surface area contributed by atoms with Crippen LogP contribution in [0.4, 0.5) is 0 Å². The molecule has 0 aromatic carbocycles. The third-order valence-corrected chi connectivity index (χ3v) is 4.58. The number of rotatable bonds is 5. The number of carbonyl (C=O) groups is 1. The number of methoxy groups -OCH3 is 2. The molecule has 1 aliphatic rings. The third kappa shape index (κ3) is 3.21. The van der Waals surface area contributed by atoms with E-state index < -0.39 is 12.2 Å². The van der Waals surface area contributed by atoms with E-state index in [2.05, 4.69) is 15.9 Å². The minimum absolute atomic E-state index is 0.0256. The second-order valence-electron chi connectivity index (χ2n) is 5.74. The summed E-state index contributed by atoms with van der Waals surface area (Å²) in [6, 6.07) is 0. The van der Waals surface area contributed by atoms with Crippen LogP contribution >= 0.6 is 11.6 Å². The lowest BCUT2D eigenvalue weighted by Gasteiger charge is -2.17. The van der Waals surface area contributed by atoms with Crippen LogP contribution in [-0.2, 0) is 14.2 Å². The summed E-state index contributed by atoms with van der Waals surface area (Å²) >= 11 is 6.18. The number of aromatic nitrogens is 3. The quantitative estimate of drug-likeness (QED) is 0.461. The number of halogens is 1. The van der Waals surface area contributed by atoms with Crippen molar-refractivity contribution in [3.8, 4) is 12.3 Å². The molecule has 1 fully saturated rings. The molecule has 2 aromatic rings. The Morgan fingerprint density at radius 3 is 3.00 bits per heavy atom. The van der Waals surface area contributed by atoms with E-state index in [4.69, 9.17) is 32.2 Å². The van der Waals surface area contributed by atoms with E-state index in [1.54, 1.807) is 17.9 Å². The fourth-order valence-electron chi connectivity index (χ4n) is 3.10. The standard InChI is InChI=1S/C17H18ClN3O4/c1-4-10-7-11(5-6-23-2)25-16(10)21-8-12(17(22)24-3)13-14(18)19-9-20-15(13)21/h1,8-11,16H,5-7H2,2-3H3. The number of hydrogen-bond acceptors (Lipinski definition) is 6. The Labute approximate surface area is 150 Å². The van der Waals surface area contributed by atoms with Crippen molar-refractivity contribution in [2.45, 2.75) is 25.2 Å². The van der Waals surface area contributed by atoms with Gasteiger partial charge >= 0.3 is 5.97 Å². The summed E-state index contributed by atoms with van der Waals surface area (Å²) in [4.78, 5) is 20.3. The van der Waals surface area contributed by atoms with Crippen LogP contribution in [0.15, 0.2) is 12.5 Å². The smallest absolute Gasteiger partial charge is 0.340 e. The molecule has 8 heteroatoms. The molecule has 132 valence electrons. The van der Waals surface area contributed by atoms with Gasteiger partial charge in [-0.1, -0.05) is 17.5 Å². The average molecular weight is 364 g/mol. The number of esters is 1. The Hall–Kier alpha value is -2.14. The summed E-state index contributed by atoms with van der Waals surface area (Å²) in [6.45, 7) is 0.586. The molecule has 3 rings (SSSR count). The van der Waals surface area contributed by atoms with E-state index in [0.29, 0.717) is 24.1 Å². The largest absolute Gasteiger partial charge is 0.465 e. The predicted molar refractivity (Wildman–Crippen MR) is 91.2 cm³/mol. The first-order chi connectivity index (χ1) is 12.1. The molecule has 0 bridgehead atoms. The normalized spacial score (nSPS) is 22.9. The van der Waals surface area contributed by atoms with Crippen molar-refractivity contribution in [3.63, 3.8) is 0 Å². The molecule has 1 saturated heterocycles. The Balaban J connectivity index is 2.05. The van der Waals surface area contributed by atoms with Crippen LogP contribution < -0.4 is 0 Å². The first-order valence-electron chi connectivity index (χ1n) is 7.80. The van der Waals surface area contributed by atoms with Crippen molar-refractivity contribution in [3.05, 3.63) is 23.2 Å². The van der Waals surface area contributed by atoms with Crippen molar-refractivity contribution in [2.75, 3.05) is 20.8 Å². The monoisotopic (exact) mass is 363 g/mol. The van der Waals surface area contributed by atoms with Gasteiger partial charge in [0, 0.05) is 19.9 Å². The molecule has 3 atom stereocenters. The molecule has 0 spiro atoms. The molecular formula is C17H18ClN3O4. The number of carbonyl (C=O) groups excluding carboxylic acids is 1. The molecule has 7 nitrogen and oxygen atoms in total. The Kier molecular flexibility index (Phi) is 5.23.